The third-order valence-electron chi connectivity index (χ3n) is 6.38. The number of carbonyl (C=O) groups excluding carboxylic acids is 2. The van der Waals surface area contributed by atoms with E-state index in [-0.39, 0.29) is 11.7 Å². The van der Waals surface area contributed by atoms with E-state index < -0.39 is 5.91 Å². The molecule has 1 aliphatic heterocycles. The monoisotopic (exact) mass is 473 g/mol. The molecule has 10 nitrogen and oxygen atoms in total. The summed E-state index contributed by atoms with van der Waals surface area (Å²) >= 11 is 0. The molecule has 180 valence electrons. The first-order chi connectivity index (χ1) is 16.9. The van der Waals surface area contributed by atoms with E-state index >= 15 is 0 Å². The van der Waals surface area contributed by atoms with E-state index in [1.165, 1.54) is 0 Å². The topological polar surface area (TPSA) is 118 Å². The van der Waals surface area contributed by atoms with E-state index in [2.05, 4.69) is 37.7 Å². The van der Waals surface area contributed by atoms with Crippen molar-refractivity contribution in [2.75, 3.05) is 23.7 Å². The van der Waals surface area contributed by atoms with Gasteiger partial charge in [-0.1, -0.05) is 11.2 Å². The number of fused-ring (bicyclic) bond motifs is 1. The quantitative estimate of drug-likeness (QED) is 0.439. The highest BCUT2D eigenvalue weighted by atomic mass is 16.5. The molecule has 4 heterocycles. The van der Waals surface area contributed by atoms with Crippen LogP contribution in [-0.4, -0.2) is 55.8 Å². The van der Waals surface area contributed by atoms with Gasteiger partial charge < -0.3 is 15.2 Å². The summed E-state index contributed by atoms with van der Waals surface area (Å²) in [6.45, 7) is 5.18. The zero-order valence-electron chi connectivity index (χ0n) is 19.9. The van der Waals surface area contributed by atoms with Gasteiger partial charge in [0, 0.05) is 24.8 Å². The van der Waals surface area contributed by atoms with E-state index in [0.29, 0.717) is 40.6 Å². The molecule has 10 heteroatoms. The molecule has 5 rings (SSSR count). The normalized spacial score (nSPS) is 16.0. The highest BCUT2D eigenvalue weighted by Gasteiger charge is 2.23. The molecule has 1 saturated heterocycles. The molecule has 2 N–H and O–H groups in total. The standard InChI is InChI=1S/C25H27N7O3/c1-15-5-4-8-32(15)14-23(33)28-19-10-21(16(2)26-12-19)29-25(34)24-20-7-6-17(9-22(20)30-35-24)18-11-27-31(3)13-18/h6-7,9-13,15H,4-5,8,14H2,1-3H3,(H,28,33)(H,29,34). The maximum Gasteiger partial charge on any atom is 0.294 e. The van der Waals surface area contributed by atoms with Crippen LogP contribution in [0, 0.1) is 6.92 Å². The van der Waals surface area contributed by atoms with Crippen molar-refractivity contribution in [2.45, 2.75) is 32.7 Å². The van der Waals surface area contributed by atoms with Crippen LogP contribution < -0.4 is 10.6 Å². The zero-order valence-corrected chi connectivity index (χ0v) is 19.9. The second kappa shape index (κ2) is 9.30. The predicted octanol–water partition coefficient (Wildman–Crippen LogP) is 3.61. The molecule has 0 spiro atoms. The summed E-state index contributed by atoms with van der Waals surface area (Å²) in [6, 6.07) is 7.67. The van der Waals surface area contributed by atoms with Crippen molar-refractivity contribution in [3.05, 3.63) is 54.3 Å². The Morgan fingerprint density at radius 1 is 1.17 bits per heavy atom. The third kappa shape index (κ3) is 4.78. The molecule has 0 bridgehead atoms. The van der Waals surface area contributed by atoms with Gasteiger partial charge in [0.1, 0.15) is 5.52 Å². The van der Waals surface area contributed by atoms with Crippen LogP contribution in [0.15, 0.2) is 47.4 Å². The Hall–Kier alpha value is -4.05. The Kier molecular flexibility index (Phi) is 6.04. The van der Waals surface area contributed by atoms with E-state index in [4.69, 9.17) is 4.52 Å². The number of pyridine rings is 1. The average Bonchev–Trinajstić information content (AvgIpc) is 3.56. The van der Waals surface area contributed by atoms with Crippen LogP contribution in [0.2, 0.25) is 0 Å². The maximum absolute atomic E-state index is 13.0. The molecule has 3 aromatic heterocycles. The fraction of sp³-hybridized carbons (Fsp3) is 0.320. The van der Waals surface area contributed by atoms with Gasteiger partial charge in [0.25, 0.3) is 5.91 Å². The van der Waals surface area contributed by atoms with Crippen molar-refractivity contribution in [1.82, 2.24) is 24.8 Å². The van der Waals surface area contributed by atoms with Crippen LogP contribution in [0.5, 0.6) is 0 Å². The van der Waals surface area contributed by atoms with Gasteiger partial charge in [0.05, 0.1) is 41.4 Å². The van der Waals surface area contributed by atoms with Gasteiger partial charge in [0.15, 0.2) is 0 Å². The number of nitrogens with one attached hydrogen (secondary N) is 2. The maximum atomic E-state index is 13.0. The fourth-order valence-electron chi connectivity index (χ4n) is 4.38. The van der Waals surface area contributed by atoms with Gasteiger partial charge in [0.2, 0.25) is 11.7 Å². The SMILES string of the molecule is Cc1ncc(NC(=O)CN2CCCC2C)cc1NC(=O)c1onc2cc(-c3cnn(C)c3)ccc12. The second-order valence-electron chi connectivity index (χ2n) is 8.97. The predicted molar refractivity (Wildman–Crippen MR) is 132 cm³/mol. The van der Waals surface area contributed by atoms with Crippen molar-refractivity contribution in [3.63, 3.8) is 0 Å². The first-order valence-corrected chi connectivity index (χ1v) is 11.6. The molecule has 0 saturated carbocycles. The highest BCUT2D eigenvalue weighted by Crippen LogP contribution is 2.27. The van der Waals surface area contributed by atoms with Crippen LogP contribution in [0.1, 0.15) is 36.0 Å². The minimum Gasteiger partial charge on any atom is -0.350 e. The fourth-order valence-corrected chi connectivity index (χ4v) is 4.38. The lowest BCUT2D eigenvalue weighted by Gasteiger charge is -2.20. The number of amides is 2. The van der Waals surface area contributed by atoms with E-state index in [1.807, 2.05) is 31.4 Å². The molecule has 1 aliphatic rings. The molecule has 1 atom stereocenters. The number of carbonyl (C=O) groups is 2. The van der Waals surface area contributed by atoms with Crippen molar-refractivity contribution >= 4 is 34.1 Å². The number of likely N-dealkylation sites (tertiary alicyclic amines) is 1. The summed E-state index contributed by atoms with van der Waals surface area (Å²) in [5, 5.41) is 14.6. The minimum atomic E-state index is -0.444. The summed E-state index contributed by atoms with van der Waals surface area (Å²) < 4.78 is 7.11. The van der Waals surface area contributed by atoms with Crippen LogP contribution >= 0.6 is 0 Å². The third-order valence-corrected chi connectivity index (χ3v) is 6.38. The van der Waals surface area contributed by atoms with Gasteiger partial charge >= 0.3 is 0 Å². The lowest BCUT2D eigenvalue weighted by atomic mass is 10.1. The summed E-state index contributed by atoms with van der Waals surface area (Å²) in [7, 11) is 1.85. The van der Waals surface area contributed by atoms with Crippen LogP contribution in [0.25, 0.3) is 22.0 Å². The Morgan fingerprint density at radius 3 is 2.77 bits per heavy atom. The van der Waals surface area contributed by atoms with Gasteiger partial charge in [-0.15, -0.1) is 0 Å². The van der Waals surface area contributed by atoms with Crippen molar-refractivity contribution in [1.29, 1.82) is 0 Å². The van der Waals surface area contributed by atoms with Gasteiger partial charge in [-0.3, -0.25) is 24.2 Å². The van der Waals surface area contributed by atoms with Crippen molar-refractivity contribution in [2.24, 2.45) is 7.05 Å². The number of anilines is 2. The lowest BCUT2D eigenvalue weighted by Crippen LogP contribution is -2.35. The Morgan fingerprint density at radius 2 is 2.03 bits per heavy atom. The summed E-state index contributed by atoms with van der Waals surface area (Å²) in [5.41, 5.74) is 4.07. The van der Waals surface area contributed by atoms with Gasteiger partial charge in [-0.2, -0.15) is 5.10 Å². The number of nitrogens with zero attached hydrogens (tertiary/aromatic N) is 5. The van der Waals surface area contributed by atoms with Gasteiger partial charge in [-0.25, -0.2) is 0 Å². The number of hydrogen-bond donors (Lipinski definition) is 2. The first kappa shape index (κ1) is 22.7. The molecular weight excluding hydrogens is 446 g/mol. The van der Waals surface area contributed by atoms with Crippen LogP contribution in [0.4, 0.5) is 11.4 Å². The average molecular weight is 474 g/mol. The van der Waals surface area contributed by atoms with Crippen LogP contribution in [-0.2, 0) is 11.8 Å². The Balaban J connectivity index is 1.30. The molecule has 1 aromatic carbocycles. The summed E-state index contributed by atoms with van der Waals surface area (Å²) in [4.78, 5) is 32.0. The van der Waals surface area contributed by atoms with E-state index in [9.17, 15) is 9.59 Å². The van der Waals surface area contributed by atoms with Crippen molar-refractivity contribution in [3.8, 4) is 11.1 Å². The second-order valence-corrected chi connectivity index (χ2v) is 8.97. The molecule has 4 aromatic rings. The molecule has 35 heavy (non-hydrogen) atoms. The van der Waals surface area contributed by atoms with Gasteiger partial charge in [-0.05, 0) is 57.0 Å². The number of aryl methyl sites for hydroxylation is 2. The molecule has 1 unspecified atom stereocenters. The Labute approximate surface area is 202 Å². The number of aromatic nitrogens is 4. The molecule has 2 amide bonds. The lowest BCUT2D eigenvalue weighted by molar-refractivity contribution is -0.117. The largest absolute Gasteiger partial charge is 0.350 e. The van der Waals surface area contributed by atoms with E-state index in [0.717, 1.165) is 30.5 Å². The summed E-state index contributed by atoms with van der Waals surface area (Å²) in [5.74, 6) is -0.442. The van der Waals surface area contributed by atoms with Crippen LogP contribution in [0.3, 0.4) is 0 Å². The molecular formula is C25H27N7O3. The first-order valence-electron chi connectivity index (χ1n) is 11.6. The van der Waals surface area contributed by atoms with Crippen molar-refractivity contribution < 1.29 is 14.1 Å². The highest BCUT2D eigenvalue weighted by molar-refractivity contribution is 6.11. The number of benzene rings is 1. The Bertz CT molecular complexity index is 1410. The smallest absolute Gasteiger partial charge is 0.294 e. The number of rotatable bonds is 6. The zero-order chi connectivity index (χ0) is 24.5. The molecule has 0 radical (unpaired) electrons. The minimum absolute atomic E-state index is 0.104. The number of hydrogen-bond acceptors (Lipinski definition) is 7. The molecule has 1 fully saturated rings. The van der Waals surface area contributed by atoms with E-state index in [1.54, 1.807) is 30.1 Å². The summed E-state index contributed by atoms with van der Waals surface area (Å²) in [6.07, 6.45) is 7.47. The molecule has 0 aliphatic carbocycles.